The first-order chi connectivity index (χ1) is 14.3. The SMILES string of the molecule is O=C(Nc1ccc(-c2coc3ccccc3c2=O)nc1)NS(=O)(=O)c1ccc(Cl)s1. The van der Waals surface area contributed by atoms with Crippen LogP contribution in [0.5, 0.6) is 0 Å². The molecule has 0 spiro atoms. The zero-order chi connectivity index (χ0) is 21.3. The zero-order valence-electron chi connectivity index (χ0n) is 15.0. The molecule has 0 aliphatic carbocycles. The Labute approximate surface area is 179 Å². The van der Waals surface area contributed by atoms with Gasteiger partial charge in [-0.25, -0.2) is 17.9 Å². The standard InChI is InChI=1S/C19H12ClN3O5S2/c20-16-7-8-17(29-16)30(26,27)23-19(25)22-11-5-6-14(21-9-11)13-10-28-15-4-2-1-3-12(15)18(13)24/h1-10H,(H2,22,23,25). The minimum Gasteiger partial charge on any atom is -0.463 e. The van der Waals surface area contributed by atoms with Crippen LogP contribution in [0.1, 0.15) is 0 Å². The van der Waals surface area contributed by atoms with Crippen molar-refractivity contribution in [1.82, 2.24) is 9.71 Å². The van der Waals surface area contributed by atoms with Gasteiger partial charge in [0.25, 0.3) is 10.0 Å². The molecule has 0 radical (unpaired) electrons. The van der Waals surface area contributed by atoms with Gasteiger partial charge in [0.15, 0.2) is 0 Å². The van der Waals surface area contributed by atoms with Crippen molar-refractivity contribution in [3.8, 4) is 11.3 Å². The second-order valence-corrected chi connectivity index (χ2v) is 9.65. The number of urea groups is 1. The number of hydrogen-bond donors (Lipinski definition) is 2. The average Bonchev–Trinajstić information content (AvgIpc) is 3.16. The lowest BCUT2D eigenvalue weighted by Gasteiger charge is -2.08. The molecule has 0 aliphatic heterocycles. The number of para-hydroxylation sites is 1. The molecule has 0 saturated heterocycles. The van der Waals surface area contributed by atoms with Crippen LogP contribution in [0.25, 0.3) is 22.2 Å². The summed E-state index contributed by atoms with van der Waals surface area (Å²) in [5.41, 5.74) is 1.09. The number of nitrogens with one attached hydrogen (secondary N) is 2. The quantitative estimate of drug-likeness (QED) is 0.472. The molecule has 0 unspecified atom stereocenters. The molecule has 2 N–H and O–H groups in total. The summed E-state index contributed by atoms with van der Waals surface area (Å²) in [6, 6.07) is 11.6. The van der Waals surface area contributed by atoms with Crippen LogP contribution >= 0.6 is 22.9 Å². The van der Waals surface area contributed by atoms with Gasteiger partial charge in [0.1, 0.15) is 16.1 Å². The van der Waals surface area contributed by atoms with Crippen molar-refractivity contribution >= 4 is 55.6 Å². The van der Waals surface area contributed by atoms with E-state index in [1.165, 1.54) is 36.7 Å². The molecule has 4 rings (SSSR count). The first-order valence-corrected chi connectivity index (χ1v) is 11.1. The van der Waals surface area contributed by atoms with Crippen LogP contribution in [-0.2, 0) is 10.0 Å². The number of carbonyl (C=O) groups excluding carboxylic acids is 1. The molecule has 2 amide bonds. The first kappa shape index (κ1) is 20.1. The predicted molar refractivity (Wildman–Crippen MR) is 114 cm³/mol. The fourth-order valence-corrected chi connectivity index (χ4v) is 5.04. The van der Waals surface area contributed by atoms with Crippen molar-refractivity contribution in [3.63, 3.8) is 0 Å². The van der Waals surface area contributed by atoms with Gasteiger partial charge >= 0.3 is 6.03 Å². The summed E-state index contributed by atoms with van der Waals surface area (Å²) in [5.74, 6) is 0. The Kier molecular flexibility index (Phi) is 5.29. The van der Waals surface area contributed by atoms with Gasteiger partial charge in [-0.3, -0.25) is 9.78 Å². The van der Waals surface area contributed by atoms with Crippen LogP contribution in [0.15, 0.2) is 74.4 Å². The van der Waals surface area contributed by atoms with Gasteiger partial charge in [-0.1, -0.05) is 23.7 Å². The van der Waals surface area contributed by atoms with E-state index >= 15 is 0 Å². The Balaban J connectivity index is 1.51. The van der Waals surface area contributed by atoms with E-state index in [4.69, 9.17) is 16.0 Å². The van der Waals surface area contributed by atoms with Crippen LogP contribution in [0.2, 0.25) is 4.34 Å². The molecule has 4 aromatic rings. The lowest BCUT2D eigenvalue weighted by molar-refractivity contribution is 0.256. The third-order valence-electron chi connectivity index (χ3n) is 4.02. The summed E-state index contributed by atoms with van der Waals surface area (Å²) in [6.07, 6.45) is 2.63. The molecule has 0 bridgehead atoms. The predicted octanol–water partition coefficient (Wildman–Crippen LogP) is 4.08. The first-order valence-electron chi connectivity index (χ1n) is 8.39. The Bertz CT molecular complexity index is 1410. The average molecular weight is 462 g/mol. The van der Waals surface area contributed by atoms with E-state index in [0.29, 0.717) is 16.7 Å². The second-order valence-electron chi connectivity index (χ2n) is 6.02. The second kappa shape index (κ2) is 7.90. The normalized spacial score (nSPS) is 11.4. The molecule has 1 aromatic carbocycles. The molecular formula is C19H12ClN3O5S2. The summed E-state index contributed by atoms with van der Waals surface area (Å²) in [6.45, 7) is 0. The van der Waals surface area contributed by atoms with Gasteiger partial charge in [0, 0.05) is 0 Å². The summed E-state index contributed by atoms with van der Waals surface area (Å²) in [5, 5.41) is 2.80. The maximum Gasteiger partial charge on any atom is 0.333 e. The molecule has 3 heterocycles. The van der Waals surface area contributed by atoms with Gasteiger partial charge in [-0.15, -0.1) is 11.3 Å². The number of amides is 2. The molecule has 8 nitrogen and oxygen atoms in total. The van der Waals surface area contributed by atoms with Crippen LogP contribution in [0.3, 0.4) is 0 Å². The highest BCUT2D eigenvalue weighted by molar-refractivity contribution is 7.92. The van der Waals surface area contributed by atoms with Gasteiger partial charge in [-0.05, 0) is 36.4 Å². The molecule has 0 aliphatic rings. The highest BCUT2D eigenvalue weighted by Crippen LogP contribution is 2.25. The largest absolute Gasteiger partial charge is 0.463 e. The van der Waals surface area contributed by atoms with Crippen molar-refractivity contribution < 1.29 is 17.6 Å². The number of hydrogen-bond acceptors (Lipinski definition) is 7. The number of halogens is 1. The fraction of sp³-hybridized carbons (Fsp3) is 0. The lowest BCUT2D eigenvalue weighted by atomic mass is 10.1. The van der Waals surface area contributed by atoms with E-state index in [9.17, 15) is 18.0 Å². The number of rotatable bonds is 4. The summed E-state index contributed by atoms with van der Waals surface area (Å²) in [4.78, 5) is 28.8. The molecule has 3 aromatic heterocycles. The molecule has 152 valence electrons. The highest BCUT2D eigenvalue weighted by Gasteiger charge is 2.20. The fourth-order valence-electron chi connectivity index (χ4n) is 2.65. The van der Waals surface area contributed by atoms with Crippen LogP contribution in [-0.4, -0.2) is 19.4 Å². The number of thiophene rings is 1. The van der Waals surface area contributed by atoms with Crippen molar-refractivity contribution in [3.05, 3.63) is 75.6 Å². The van der Waals surface area contributed by atoms with E-state index in [1.54, 1.807) is 24.3 Å². The van der Waals surface area contributed by atoms with Crippen molar-refractivity contribution in [1.29, 1.82) is 0 Å². The number of pyridine rings is 1. The summed E-state index contributed by atoms with van der Waals surface area (Å²) >= 11 is 6.56. The molecule has 30 heavy (non-hydrogen) atoms. The number of nitrogens with zero attached hydrogens (tertiary/aromatic N) is 1. The Hall–Kier alpha value is -3.21. The molecule has 0 fully saturated rings. The lowest BCUT2D eigenvalue weighted by Crippen LogP contribution is -2.33. The Morgan fingerprint density at radius 2 is 1.90 bits per heavy atom. The maximum absolute atomic E-state index is 12.6. The van der Waals surface area contributed by atoms with Gasteiger partial charge in [-0.2, -0.15) is 0 Å². The summed E-state index contributed by atoms with van der Waals surface area (Å²) in [7, 11) is -4.04. The topological polar surface area (TPSA) is 118 Å². The molecule has 0 atom stereocenters. The Morgan fingerprint density at radius 1 is 1.10 bits per heavy atom. The van der Waals surface area contributed by atoms with Crippen LogP contribution < -0.4 is 15.5 Å². The third-order valence-corrected chi connectivity index (χ3v) is 7.07. The van der Waals surface area contributed by atoms with E-state index in [0.717, 1.165) is 11.3 Å². The van der Waals surface area contributed by atoms with Crippen LogP contribution in [0, 0.1) is 0 Å². The number of fused-ring (bicyclic) bond motifs is 1. The number of anilines is 1. The van der Waals surface area contributed by atoms with E-state index in [1.807, 2.05) is 4.72 Å². The van der Waals surface area contributed by atoms with Gasteiger partial charge in [0.2, 0.25) is 5.43 Å². The van der Waals surface area contributed by atoms with Gasteiger partial charge in [0.05, 0.1) is 32.9 Å². The number of benzene rings is 1. The number of sulfonamides is 1. The molecular weight excluding hydrogens is 450 g/mol. The van der Waals surface area contributed by atoms with Crippen molar-refractivity contribution in [2.45, 2.75) is 4.21 Å². The maximum atomic E-state index is 12.6. The minimum atomic E-state index is -4.04. The highest BCUT2D eigenvalue weighted by atomic mass is 35.5. The summed E-state index contributed by atoms with van der Waals surface area (Å²) < 4.78 is 31.9. The molecule has 0 saturated carbocycles. The molecule has 11 heteroatoms. The zero-order valence-corrected chi connectivity index (χ0v) is 17.3. The third kappa shape index (κ3) is 4.06. The van der Waals surface area contributed by atoms with E-state index in [-0.39, 0.29) is 25.2 Å². The van der Waals surface area contributed by atoms with Gasteiger partial charge < -0.3 is 9.73 Å². The van der Waals surface area contributed by atoms with E-state index < -0.39 is 16.1 Å². The Morgan fingerprint density at radius 3 is 2.60 bits per heavy atom. The number of aromatic nitrogens is 1. The number of carbonyl (C=O) groups is 1. The monoisotopic (exact) mass is 461 g/mol. The van der Waals surface area contributed by atoms with Crippen molar-refractivity contribution in [2.24, 2.45) is 0 Å². The van der Waals surface area contributed by atoms with Crippen LogP contribution in [0.4, 0.5) is 10.5 Å². The van der Waals surface area contributed by atoms with Crippen molar-refractivity contribution in [2.75, 3.05) is 5.32 Å². The van der Waals surface area contributed by atoms with E-state index in [2.05, 4.69) is 10.3 Å². The smallest absolute Gasteiger partial charge is 0.333 e. The minimum absolute atomic E-state index is 0.0841.